The van der Waals surface area contributed by atoms with Gasteiger partial charge in [0.25, 0.3) is 11.8 Å². The third-order valence-electron chi connectivity index (χ3n) is 10.0. The molecule has 3 aliphatic heterocycles. The molecule has 2 saturated heterocycles. The van der Waals surface area contributed by atoms with Crippen molar-refractivity contribution in [3.8, 4) is 0 Å². The number of hydrogen-bond donors (Lipinski definition) is 3. The van der Waals surface area contributed by atoms with Gasteiger partial charge in [-0.2, -0.15) is 0 Å². The van der Waals surface area contributed by atoms with E-state index < -0.39 is 29.7 Å². The highest BCUT2D eigenvalue weighted by atomic mass is 16.2. The highest BCUT2D eigenvalue weighted by Crippen LogP contribution is 2.38. The predicted molar refractivity (Wildman–Crippen MR) is 182 cm³/mol. The number of hydrogen-bond acceptors (Lipinski definition) is 10. The number of imide groups is 2. The molecule has 4 heterocycles. The van der Waals surface area contributed by atoms with E-state index in [0.717, 1.165) is 48.0 Å². The number of aromatic nitrogens is 2. The number of benzene rings is 2. The van der Waals surface area contributed by atoms with Crippen molar-refractivity contribution < 1.29 is 24.0 Å². The van der Waals surface area contributed by atoms with Gasteiger partial charge in [0, 0.05) is 55.6 Å². The Morgan fingerprint density at radius 2 is 1.76 bits per heavy atom. The largest absolute Gasteiger partial charge is 0.404 e. The number of anilines is 1. The summed E-state index contributed by atoms with van der Waals surface area (Å²) in [6, 6.07) is 11.8. The Balaban J connectivity index is 0.837. The van der Waals surface area contributed by atoms with Crippen LogP contribution in [-0.4, -0.2) is 87.2 Å². The maximum Gasteiger partial charge on any atom is 0.262 e. The zero-order chi connectivity index (χ0) is 34.1. The maximum absolute atomic E-state index is 13.2. The summed E-state index contributed by atoms with van der Waals surface area (Å²) in [7, 11) is 0. The Morgan fingerprint density at radius 1 is 1.00 bits per heavy atom. The summed E-state index contributed by atoms with van der Waals surface area (Å²) in [4.78, 5) is 79.9. The number of piperidine rings is 2. The second-order valence-electron chi connectivity index (χ2n) is 13.2. The third-order valence-corrected chi connectivity index (χ3v) is 10.0. The van der Waals surface area contributed by atoms with Crippen LogP contribution in [0.5, 0.6) is 0 Å². The van der Waals surface area contributed by atoms with Gasteiger partial charge in [-0.15, -0.1) is 0 Å². The minimum atomic E-state index is -0.986. The van der Waals surface area contributed by atoms with E-state index in [1.165, 1.54) is 6.20 Å². The van der Waals surface area contributed by atoms with Gasteiger partial charge in [-0.25, -0.2) is 4.98 Å². The Labute approximate surface area is 283 Å². The summed E-state index contributed by atoms with van der Waals surface area (Å²) < 4.78 is 0. The number of allylic oxidation sites excluding steroid dienone is 1. The van der Waals surface area contributed by atoms with Gasteiger partial charge in [0.1, 0.15) is 6.04 Å². The van der Waals surface area contributed by atoms with Crippen molar-refractivity contribution in [2.45, 2.75) is 57.0 Å². The molecule has 4 N–H and O–H groups in total. The Morgan fingerprint density at radius 3 is 2.51 bits per heavy atom. The number of nitrogens with zero attached hydrogens (tertiary/aromatic N) is 5. The molecule has 2 aromatic carbocycles. The van der Waals surface area contributed by atoms with Crippen molar-refractivity contribution in [1.29, 1.82) is 0 Å². The molecule has 13 heteroatoms. The zero-order valence-corrected chi connectivity index (χ0v) is 27.0. The van der Waals surface area contributed by atoms with Crippen molar-refractivity contribution in [2.24, 2.45) is 22.6 Å². The lowest BCUT2D eigenvalue weighted by Gasteiger charge is -2.39. The van der Waals surface area contributed by atoms with Crippen LogP contribution in [-0.2, 0) is 14.4 Å². The number of carbonyl (C=O) groups excluding carboxylic acids is 5. The molecule has 252 valence electrons. The van der Waals surface area contributed by atoms with Crippen molar-refractivity contribution >= 4 is 58.0 Å². The number of carbonyl (C=O) groups is 5. The molecule has 1 atom stereocenters. The second kappa shape index (κ2) is 13.6. The van der Waals surface area contributed by atoms with E-state index in [2.05, 4.69) is 20.6 Å². The summed E-state index contributed by atoms with van der Waals surface area (Å²) in [6.07, 6.45) is 9.35. The van der Waals surface area contributed by atoms with Gasteiger partial charge >= 0.3 is 0 Å². The quantitative estimate of drug-likeness (QED) is 0.229. The van der Waals surface area contributed by atoms with E-state index in [1.807, 2.05) is 29.2 Å². The maximum atomic E-state index is 13.2. The molecule has 3 aromatic rings. The molecule has 3 fully saturated rings. The van der Waals surface area contributed by atoms with E-state index in [-0.39, 0.29) is 41.8 Å². The van der Waals surface area contributed by atoms with Crippen LogP contribution in [0.15, 0.2) is 59.9 Å². The van der Waals surface area contributed by atoms with E-state index >= 15 is 0 Å². The average Bonchev–Trinajstić information content (AvgIpc) is 3.34. The molecular formula is C36H38N8O5. The van der Waals surface area contributed by atoms with E-state index in [4.69, 9.17) is 10.7 Å². The van der Waals surface area contributed by atoms with Gasteiger partial charge in [-0.3, -0.25) is 44.2 Å². The first-order chi connectivity index (χ1) is 23.8. The van der Waals surface area contributed by atoms with Gasteiger partial charge < -0.3 is 16.0 Å². The molecule has 4 aliphatic rings. The topological polar surface area (TPSA) is 180 Å². The number of para-hydroxylation sites is 2. The summed E-state index contributed by atoms with van der Waals surface area (Å²) >= 11 is 0. The van der Waals surface area contributed by atoms with E-state index in [9.17, 15) is 24.0 Å². The highest BCUT2D eigenvalue weighted by molar-refractivity contribution is 6.23. The number of nitrogens with two attached hydrogens (primary N) is 1. The molecule has 7 rings (SSSR count). The van der Waals surface area contributed by atoms with Crippen molar-refractivity contribution in [1.82, 2.24) is 25.1 Å². The van der Waals surface area contributed by atoms with Gasteiger partial charge in [-0.1, -0.05) is 12.1 Å². The van der Waals surface area contributed by atoms with Crippen LogP contribution in [0, 0.1) is 11.8 Å². The Bertz CT molecular complexity index is 1890. The molecule has 0 radical (unpaired) electrons. The molecule has 13 nitrogen and oxygen atoms in total. The monoisotopic (exact) mass is 662 g/mol. The molecule has 1 unspecified atom stereocenters. The first kappa shape index (κ1) is 32.1. The number of fused-ring (bicyclic) bond motifs is 2. The molecule has 5 amide bonds. The molecule has 0 bridgehead atoms. The molecule has 1 aliphatic carbocycles. The molecule has 1 aromatic heterocycles. The fourth-order valence-electron chi connectivity index (χ4n) is 7.14. The van der Waals surface area contributed by atoms with Crippen LogP contribution in [0.1, 0.15) is 71.4 Å². The van der Waals surface area contributed by atoms with E-state index in [1.54, 1.807) is 30.6 Å². The number of nitrogens with one attached hydrogen (secondary N) is 2. The fourth-order valence-corrected chi connectivity index (χ4v) is 7.14. The lowest BCUT2D eigenvalue weighted by Crippen LogP contribution is -2.54. The van der Waals surface area contributed by atoms with Crippen LogP contribution in [0.3, 0.4) is 0 Å². The lowest BCUT2D eigenvalue weighted by molar-refractivity contribution is -0.141. The van der Waals surface area contributed by atoms with Crippen molar-refractivity contribution in [3.05, 3.63) is 71.7 Å². The first-order valence-corrected chi connectivity index (χ1v) is 16.8. The number of rotatable bonds is 9. The minimum absolute atomic E-state index is 0.0465. The van der Waals surface area contributed by atoms with Gasteiger partial charge in [0.15, 0.2) is 0 Å². The minimum Gasteiger partial charge on any atom is -0.404 e. The van der Waals surface area contributed by atoms with Crippen LogP contribution in [0.4, 0.5) is 5.69 Å². The smallest absolute Gasteiger partial charge is 0.262 e. The lowest BCUT2D eigenvalue weighted by atomic mass is 9.72. The molecule has 1 saturated carbocycles. The van der Waals surface area contributed by atoms with E-state index in [0.29, 0.717) is 42.5 Å². The standard InChI is InChI=1S/C36H38N8O5/c37-18-23(30-20-40-28-3-1-2-4-29(28)41-30)19-39-24-10-13-43(14-11-24)34(47)22-15-21(16-22)9-12-38-25-5-6-26-27(17-25)36(49)44(35(26)48)31-7-8-32(45)42-33(31)46/h1-6,17-22,24,31,38H,7-16,37H2,(H,42,45,46). The van der Waals surface area contributed by atoms with Crippen LogP contribution in [0.2, 0.25) is 0 Å². The Hall–Kier alpha value is -5.46. The fraction of sp³-hybridized carbons (Fsp3) is 0.389. The summed E-state index contributed by atoms with van der Waals surface area (Å²) in [5.74, 6) is -1.37. The molecule has 49 heavy (non-hydrogen) atoms. The SMILES string of the molecule is NC=C(C=NC1CCN(C(=O)C2CC(CCNc3ccc4c(c3)C(=O)N(C3CCC(=O)NC3=O)C4=O)C2)CC1)c1cnc2ccccc2n1. The predicted octanol–water partition coefficient (Wildman–Crippen LogP) is 2.92. The number of likely N-dealkylation sites (tertiary alicyclic amines) is 1. The number of aliphatic imine (C=N–C) groups is 1. The summed E-state index contributed by atoms with van der Waals surface area (Å²) in [6.45, 7) is 2.03. The first-order valence-electron chi connectivity index (χ1n) is 16.8. The normalized spacial score (nSPS) is 23.2. The summed E-state index contributed by atoms with van der Waals surface area (Å²) in [5, 5.41) is 5.55. The molecular weight excluding hydrogens is 624 g/mol. The summed E-state index contributed by atoms with van der Waals surface area (Å²) in [5.41, 5.74) is 10.1. The Kier molecular flexibility index (Phi) is 8.89. The van der Waals surface area contributed by atoms with Crippen LogP contribution < -0.4 is 16.4 Å². The van der Waals surface area contributed by atoms with Gasteiger partial charge in [-0.05, 0) is 74.8 Å². The average molecular weight is 663 g/mol. The van der Waals surface area contributed by atoms with Gasteiger partial charge in [0.2, 0.25) is 17.7 Å². The third kappa shape index (κ3) is 6.52. The number of amides is 5. The van der Waals surface area contributed by atoms with Crippen molar-refractivity contribution in [2.75, 3.05) is 25.0 Å². The highest BCUT2D eigenvalue weighted by Gasteiger charge is 2.44. The van der Waals surface area contributed by atoms with Crippen LogP contribution >= 0.6 is 0 Å². The van der Waals surface area contributed by atoms with Crippen LogP contribution in [0.25, 0.3) is 16.6 Å². The second-order valence-corrected chi connectivity index (χ2v) is 13.2. The van der Waals surface area contributed by atoms with Gasteiger partial charge in [0.05, 0.1) is 40.1 Å². The zero-order valence-electron chi connectivity index (χ0n) is 27.0. The van der Waals surface area contributed by atoms with Crippen molar-refractivity contribution in [3.63, 3.8) is 0 Å². The molecule has 0 spiro atoms.